The van der Waals surface area contributed by atoms with Crippen LogP contribution in [0.4, 0.5) is 0 Å². The molecule has 3 heteroatoms. The number of ether oxygens (including phenoxy) is 2. The molecule has 2 unspecified atom stereocenters. The summed E-state index contributed by atoms with van der Waals surface area (Å²) in [5.41, 5.74) is -1.09. The Balaban J connectivity index is 2.17. The first-order valence-corrected chi connectivity index (χ1v) is 5.00. The van der Waals surface area contributed by atoms with Crippen LogP contribution in [0.1, 0.15) is 26.7 Å². The zero-order chi connectivity index (χ0) is 9.53. The molecule has 0 saturated carbocycles. The molecule has 2 fully saturated rings. The summed E-state index contributed by atoms with van der Waals surface area (Å²) in [4.78, 5) is 0. The van der Waals surface area contributed by atoms with E-state index < -0.39 is 11.2 Å². The Kier molecular flexibility index (Phi) is 2.13. The molecule has 2 heterocycles. The van der Waals surface area contributed by atoms with Crippen molar-refractivity contribution in [2.45, 2.75) is 37.9 Å². The monoisotopic (exact) mass is 186 g/mol. The van der Waals surface area contributed by atoms with Crippen LogP contribution in [0.25, 0.3) is 0 Å². The second-order valence-corrected chi connectivity index (χ2v) is 4.59. The van der Waals surface area contributed by atoms with Gasteiger partial charge in [0.1, 0.15) is 5.60 Å². The molecular formula is C10H18O3. The van der Waals surface area contributed by atoms with E-state index in [0.717, 1.165) is 19.4 Å². The molecule has 0 aromatic heterocycles. The molecule has 0 bridgehead atoms. The molecule has 1 N–H and O–H groups in total. The van der Waals surface area contributed by atoms with Gasteiger partial charge in [-0.1, -0.05) is 0 Å². The average molecular weight is 186 g/mol. The molecule has 2 aliphatic heterocycles. The SMILES string of the molecule is CC1(C)OCCC1(O)C1CCOC1. The van der Waals surface area contributed by atoms with Gasteiger partial charge in [0.2, 0.25) is 0 Å². The molecule has 0 aromatic carbocycles. The average Bonchev–Trinajstić information content (AvgIpc) is 2.61. The smallest absolute Gasteiger partial charge is 0.100 e. The normalized spacial score (nSPS) is 44.1. The Morgan fingerprint density at radius 3 is 2.54 bits per heavy atom. The Bertz CT molecular complexity index is 196. The lowest BCUT2D eigenvalue weighted by molar-refractivity contribution is -0.129. The molecule has 13 heavy (non-hydrogen) atoms. The van der Waals surface area contributed by atoms with Gasteiger partial charge in [0.05, 0.1) is 18.8 Å². The van der Waals surface area contributed by atoms with E-state index in [-0.39, 0.29) is 5.92 Å². The van der Waals surface area contributed by atoms with Crippen molar-refractivity contribution in [1.82, 2.24) is 0 Å². The number of hydrogen-bond donors (Lipinski definition) is 1. The van der Waals surface area contributed by atoms with E-state index in [0.29, 0.717) is 13.2 Å². The third kappa shape index (κ3) is 1.30. The van der Waals surface area contributed by atoms with Gasteiger partial charge < -0.3 is 14.6 Å². The first-order chi connectivity index (χ1) is 6.06. The van der Waals surface area contributed by atoms with Crippen molar-refractivity contribution in [1.29, 1.82) is 0 Å². The van der Waals surface area contributed by atoms with Crippen molar-refractivity contribution >= 4 is 0 Å². The largest absolute Gasteiger partial charge is 0.386 e. The zero-order valence-electron chi connectivity index (χ0n) is 8.38. The minimum atomic E-state index is -0.677. The molecule has 0 amide bonds. The van der Waals surface area contributed by atoms with Crippen LogP contribution in [-0.2, 0) is 9.47 Å². The highest BCUT2D eigenvalue weighted by atomic mass is 16.5. The molecule has 2 aliphatic rings. The van der Waals surface area contributed by atoms with E-state index in [1.54, 1.807) is 0 Å². The zero-order valence-corrected chi connectivity index (χ0v) is 8.38. The fourth-order valence-electron chi connectivity index (χ4n) is 2.49. The van der Waals surface area contributed by atoms with Crippen molar-refractivity contribution < 1.29 is 14.6 Å². The lowest BCUT2D eigenvalue weighted by Gasteiger charge is -2.39. The Hall–Kier alpha value is -0.120. The van der Waals surface area contributed by atoms with Crippen LogP contribution < -0.4 is 0 Å². The molecule has 76 valence electrons. The van der Waals surface area contributed by atoms with Gasteiger partial charge in [-0.2, -0.15) is 0 Å². The van der Waals surface area contributed by atoms with Crippen LogP contribution in [-0.4, -0.2) is 36.1 Å². The predicted molar refractivity (Wildman–Crippen MR) is 48.5 cm³/mol. The molecule has 3 nitrogen and oxygen atoms in total. The summed E-state index contributed by atoms with van der Waals surface area (Å²) >= 11 is 0. The van der Waals surface area contributed by atoms with Crippen molar-refractivity contribution in [3.63, 3.8) is 0 Å². The van der Waals surface area contributed by atoms with Crippen molar-refractivity contribution in [3.05, 3.63) is 0 Å². The van der Waals surface area contributed by atoms with E-state index in [9.17, 15) is 5.11 Å². The van der Waals surface area contributed by atoms with Crippen LogP contribution in [0.3, 0.4) is 0 Å². The first-order valence-electron chi connectivity index (χ1n) is 5.00. The van der Waals surface area contributed by atoms with Crippen LogP contribution in [0, 0.1) is 5.92 Å². The minimum Gasteiger partial charge on any atom is -0.386 e. The molecule has 2 rings (SSSR count). The molecule has 2 atom stereocenters. The van der Waals surface area contributed by atoms with Gasteiger partial charge in [-0.05, 0) is 20.3 Å². The summed E-state index contributed by atoms with van der Waals surface area (Å²) in [6.45, 7) is 6.07. The summed E-state index contributed by atoms with van der Waals surface area (Å²) < 4.78 is 10.9. The lowest BCUT2D eigenvalue weighted by atomic mass is 9.75. The van der Waals surface area contributed by atoms with Gasteiger partial charge in [-0.15, -0.1) is 0 Å². The standard InChI is InChI=1S/C10H18O3/c1-9(2)10(11,4-6-13-9)8-3-5-12-7-8/h8,11H,3-7H2,1-2H3. The summed E-state index contributed by atoms with van der Waals surface area (Å²) in [5.74, 6) is 0.255. The topological polar surface area (TPSA) is 38.7 Å². The number of hydrogen-bond acceptors (Lipinski definition) is 3. The summed E-state index contributed by atoms with van der Waals surface area (Å²) in [7, 11) is 0. The van der Waals surface area contributed by atoms with Gasteiger partial charge in [0, 0.05) is 18.9 Å². The maximum Gasteiger partial charge on any atom is 0.100 e. The van der Waals surface area contributed by atoms with E-state index in [2.05, 4.69) is 0 Å². The van der Waals surface area contributed by atoms with Crippen molar-refractivity contribution in [2.24, 2.45) is 5.92 Å². The van der Waals surface area contributed by atoms with Crippen LogP contribution >= 0.6 is 0 Å². The second kappa shape index (κ2) is 2.94. The van der Waals surface area contributed by atoms with Gasteiger partial charge in [-0.25, -0.2) is 0 Å². The lowest BCUT2D eigenvalue weighted by Crippen LogP contribution is -2.52. The highest BCUT2D eigenvalue weighted by molar-refractivity contribution is 5.04. The molecule has 2 saturated heterocycles. The molecule has 0 aromatic rings. The quantitative estimate of drug-likeness (QED) is 0.662. The van der Waals surface area contributed by atoms with Gasteiger partial charge in [0.25, 0.3) is 0 Å². The van der Waals surface area contributed by atoms with Crippen LogP contribution in [0.15, 0.2) is 0 Å². The Morgan fingerprint density at radius 1 is 1.31 bits per heavy atom. The Labute approximate surface area is 79.0 Å². The molecule has 0 spiro atoms. The predicted octanol–water partition coefficient (Wildman–Crippen LogP) is 0.953. The number of aliphatic hydroxyl groups is 1. The third-order valence-corrected chi connectivity index (χ3v) is 3.59. The van der Waals surface area contributed by atoms with Crippen molar-refractivity contribution in [3.8, 4) is 0 Å². The maximum atomic E-state index is 10.5. The fraction of sp³-hybridized carbons (Fsp3) is 1.00. The third-order valence-electron chi connectivity index (χ3n) is 3.59. The minimum absolute atomic E-state index is 0.255. The van der Waals surface area contributed by atoms with E-state index in [1.165, 1.54) is 0 Å². The fourth-order valence-corrected chi connectivity index (χ4v) is 2.49. The highest BCUT2D eigenvalue weighted by Crippen LogP contribution is 2.43. The second-order valence-electron chi connectivity index (χ2n) is 4.59. The number of rotatable bonds is 1. The van der Waals surface area contributed by atoms with Gasteiger partial charge in [0.15, 0.2) is 0 Å². The van der Waals surface area contributed by atoms with Gasteiger partial charge in [-0.3, -0.25) is 0 Å². The van der Waals surface area contributed by atoms with Crippen LogP contribution in [0.5, 0.6) is 0 Å². The highest BCUT2D eigenvalue weighted by Gasteiger charge is 2.54. The summed E-state index contributed by atoms with van der Waals surface area (Å²) in [6.07, 6.45) is 1.71. The maximum absolute atomic E-state index is 10.5. The van der Waals surface area contributed by atoms with Crippen LogP contribution in [0.2, 0.25) is 0 Å². The summed E-state index contributed by atoms with van der Waals surface area (Å²) in [6, 6.07) is 0. The van der Waals surface area contributed by atoms with E-state index in [4.69, 9.17) is 9.47 Å². The molecular weight excluding hydrogens is 168 g/mol. The first kappa shape index (κ1) is 9.44. The van der Waals surface area contributed by atoms with Gasteiger partial charge >= 0.3 is 0 Å². The van der Waals surface area contributed by atoms with E-state index >= 15 is 0 Å². The molecule has 0 radical (unpaired) electrons. The molecule has 0 aliphatic carbocycles. The summed E-state index contributed by atoms with van der Waals surface area (Å²) in [5, 5.41) is 10.5. The van der Waals surface area contributed by atoms with Crippen molar-refractivity contribution in [2.75, 3.05) is 19.8 Å². The van der Waals surface area contributed by atoms with E-state index in [1.807, 2.05) is 13.8 Å². The Morgan fingerprint density at radius 2 is 2.08 bits per heavy atom.